The Hall–Kier alpha value is -3.28. The molecule has 0 aliphatic carbocycles. The van der Waals surface area contributed by atoms with Crippen LogP contribution in [0, 0.1) is 12.7 Å². The van der Waals surface area contributed by atoms with Gasteiger partial charge in [0.15, 0.2) is 5.60 Å². The van der Waals surface area contributed by atoms with Gasteiger partial charge < -0.3 is 19.7 Å². The third-order valence-corrected chi connectivity index (χ3v) is 9.31. The number of carbonyl (C=O) groups is 2. The van der Waals surface area contributed by atoms with Crippen LogP contribution in [-0.2, 0) is 39.6 Å². The molecule has 0 bridgehead atoms. The number of thioether (sulfide) groups is 1. The number of hydrogen-bond acceptors (Lipinski definition) is 8. The Labute approximate surface area is 228 Å². The van der Waals surface area contributed by atoms with Gasteiger partial charge in [0.25, 0.3) is 5.56 Å². The number of pyridine rings is 2. The second-order valence-corrected chi connectivity index (χ2v) is 12.5. The second kappa shape index (κ2) is 8.87. The van der Waals surface area contributed by atoms with Crippen LogP contribution in [0.1, 0.15) is 55.0 Å². The molecule has 0 spiro atoms. The molecule has 0 radical (unpaired) electrons. The van der Waals surface area contributed by atoms with E-state index in [1.54, 1.807) is 37.7 Å². The molecule has 2 aromatic heterocycles. The van der Waals surface area contributed by atoms with E-state index in [0.717, 1.165) is 11.1 Å². The van der Waals surface area contributed by atoms with Crippen molar-refractivity contribution in [3.8, 4) is 11.4 Å². The van der Waals surface area contributed by atoms with Crippen molar-refractivity contribution in [3.63, 3.8) is 0 Å². The third kappa shape index (κ3) is 3.97. The Kier molecular flexibility index (Phi) is 5.91. The summed E-state index contributed by atoms with van der Waals surface area (Å²) in [7, 11) is 0. The maximum absolute atomic E-state index is 14.6. The smallest absolute Gasteiger partial charge is 0.343 e. The van der Waals surface area contributed by atoms with Gasteiger partial charge in [-0.3, -0.25) is 14.9 Å². The zero-order valence-electron chi connectivity index (χ0n) is 22.1. The van der Waals surface area contributed by atoms with Crippen molar-refractivity contribution >= 4 is 34.5 Å². The molecule has 3 N–H and O–H groups in total. The van der Waals surface area contributed by atoms with E-state index in [4.69, 9.17) is 9.72 Å². The minimum absolute atomic E-state index is 0.0335. The van der Waals surface area contributed by atoms with E-state index in [2.05, 4.69) is 10.6 Å². The van der Waals surface area contributed by atoms with Crippen LogP contribution in [0.5, 0.6) is 0 Å². The summed E-state index contributed by atoms with van der Waals surface area (Å²) in [6, 6.07) is 4.35. The molecule has 9 nitrogen and oxygen atoms in total. The monoisotopic (exact) mass is 552 g/mol. The standard InChI is InChI=1S/C28H29FN4O5S/c1-5-28(37)18-7-22-23-16(10-33(22)25(35)17(18)11-38-26(28)36)15(14-6-13(2)19(29)8-20(14)31-23)9-30-24(34)21-12-39-27(3,4)32-21/h6-8,21,32,37H,5,9-12H2,1-4H3,(H,30,34)/t21-,28-/m0/s1. The Balaban J connectivity index is 1.48. The maximum Gasteiger partial charge on any atom is 0.343 e. The number of amides is 1. The summed E-state index contributed by atoms with van der Waals surface area (Å²) in [6.07, 6.45) is 0.0335. The summed E-state index contributed by atoms with van der Waals surface area (Å²) >= 11 is 1.67. The molecule has 2 atom stereocenters. The first-order chi connectivity index (χ1) is 18.4. The average molecular weight is 553 g/mol. The minimum atomic E-state index is -1.94. The van der Waals surface area contributed by atoms with Crippen LogP contribution in [0.25, 0.3) is 22.3 Å². The van der Waals surface area contributed by atoms with Gasteiger partial charge in [-0.25, -0.2) is 14.2 Å². The predicted octanol–water partition coefficient (Wildman–Crippen LogP) is 2.58. The lowest BCUT2D eigenvalue weighted by molar-refractivity contribution is -0.172. The van der Waals surface area contributed by atoms with Crippen molar-refractivity contribution in [1.82, 2.24) is 20.2 Å². The number of esters is 1. The number of benzene rings is 1. The highest BCUT2D eigenvalue weighted by molar-refractivity contribution is 8.00. The number of nitrogens with zero attached hydrogens (tertiary/aromatic N) is 2. The molecule has 6 rings (SSSR count). The Bertz CT molecular complexity index is 1650. The van der Waals surface area contributed by atoms with Gasteiger partial charge in [0.05, 0.1) is 39.9 Å². The quantitative estimate of drug-likeness (QED) is 0.330. The van der Waals surface area contributed by atoms with Gasteiger partial charge in [0.1, 0.15) is 12.4 Å². The van der Waals surface area contributed by atoms with E-state index in [-0.39, 0.29) is 59.6 Å². The molecule has 0 unspecified atom stereocenters. The van der Waals surface area contributed by atoms with Gasteiger partial charge in [-0.15, -0.1) is 11.8 Å². The van der Waals surface area contributed by atoms with Gasteiger partial charge in [-0.05, 0) is 50.5 Å². The van der Waals surface area contributed by atoms with Crippen molar-refractivity contribution in [2.75, 3.05) is 5.75 Å². The maximum atomic E-state index is 14.6. The minimum Gasteiger partial charge on any atom is -0.458 e. The van der Waals surface area contributed by atoms with E-state index >= 15 is 0 Å². The van der Waals surface area contributed by atoms with Crippen molar-refractivity contribution in [2.24, 2.45) is 0 Å². The molecule has 0 saturated carbocycles. The van der Waals surface area contributed by atoms with E-state index in [9.17, 15) is 23.9 Å². The molecule has 3 aliphatic heterocycles. The van der Waals surface area contributed by atoms with Crippen molar-refractivity contribution in [2.45, 2.75) is 70.3 Å². The Morgan fingerprint density at radius 3 is 2.77 bits per heavy atom. The van der Waals surface area contributed by atoms with Crippen molar-refractivity contribution in [1.29, 1.82) is 0 Å². The van der Waals surface area contributed by atoms with E-state index < -0.39 is 17.4 Å². The number of aromatic nitrogens is 2. The molecule has 11 heteroatoms. The summed E-state index contributed by atoms with van der Waals surface area (Å²) in [4.78, 5) is 43.7. The molecule has 1 fully saturated rings. The first-order valence-corrected chi connectivity index (χ1v) is 13.9. The Morgan fingerprint density at radius 1 is 1.31 bits per heavy atom. The van der Waals surface area contributed by atoms with E-state index in [1.165, 1.54) is 10.6 Å². The molecule has 1 saturated heterocycles. The summed E-state index contributed by atoms with van der Waals surface area (Å²) in [5.74, 6) is -0.707. The molecule has 3 aliphatic rings. The number of cyclic esters (lactones) is 1. The zero-order chi connectivity index (χ0) is 27.9. The van der Waals surface area contributed by atoms with Crippen molar-refractivity contribution < 1.29 is 23.8 Å². The first-order valence-electron chi connectivity index (χ1n) is 12.9. The average Bonchev–Trinajstić information content (AvgIpc) is 3.45. The van der Waals surface area contributed by atoms with Crippen LogP contribution in [0.4, 0.5) is 4.39 Å². The fourth-order valence-electron chi connectivity index (χ4n) is 5.73. The van der Waals surface area contributed by atoms with Crippen LogP contribution in [0.2, 0.25) is 0 Å². The van der Waals surface area contributed by atoms with Crippen LogP contribution in [0.15, 0.2) is 23.0 Å². The van der Waals surface area contributed by atoms with Gasteiger partial charge in [0.2, 0.25) is 5.91 Å². The van der Waals surface area contributed by atoms with E-state index in [0.29, 0.717) is 33.6 Å². The molecule has 1 aromatic carbocycles. The van der Waals surface area contributed by atoms with Crippen molar-refractivity contribution in [3.05, 3.63) is 62.2 Å². The van der Waals surface area contributed by atoms with Crippen LogP contribution >= 0.6 is 11.8 Å². The number of aliphatic hydroxyl groups is 1. The first kappa shape index (κ1) is 26.0. The number of fused-ring (bicyclic) bond motifs is 5. The number of aryl methyl sites for hydroxylation is 1. The van der Waals surface area contributed by atoms with Gasteiger partial charge in [-0.1, -0.05) is 6.92 Å². The summed E-state index contributed by atoms with van der Waals surface area (Å²) in [5.41, 5.74) is 1.32. The fraction of sp³-hybridized carbons (Fsp3) is 0.429. The summed E-state index contributed by atoms with van der Waals surface area (Å²) in [6.45, 7) is 7.49. The number of nitrogens with one attached hydrogen (secondary N) is 2. The van der Waals surface area contributed by atoms with Crippen LogP contribution in [-0.4, -0.2) is 43.2 Å². The highest BCUT2D eigenvalue weighted by Gasteiger charge is 2.45. The molecule has 204 valence electrons. The lowest BCUT2D eigenvalue weighted by Crippen LogP contribution is -2.46. The summed E-state index contributed by atoms with van der Waals surface area (Å²) < 4.78 is 21.3. The predicted molar refractivity (Wildman–Crippen MR) is 145 cm³/mol. The number of halogens is 1. The molecule has 5 heterocycles. The van der Waals surface area contributed by atoms with Gasteiger partial charge >= 0.3 is 5.97 Å². The molecular formula is C28H29FN4O5S. The number of hydrogen-bond donors (Lipinski definition) is 3. The summed E-state index contributed by atoms with van der Waals surface area (Å²) in [5, 5.41) is 18.2. The zero-order valence-corrected chi connectivity index (χ0v) is 22.9. The molecule has 3 aromatic rings. The third-order valence-electron chi connectivity index (χ3n) is 7.97. The highest BCUT2D eigenvalue weighted by Crippen LogP contribution is 2.40. The molecule has 39 heavy (non-hydrogen) atoms. The van der Waals surface area contributed by atoms with Gasteiger partial charge in [0, 0.05) is 34.9 Å². The largest absolute Gasteiger partial charge is 0.458 e. The Morgan fingerprint density at radius 2 is 2.08 bits per heavy atom. The van der Waals surface area contributed by atoms with E-state index in [1.807, 2.05) is 13.8 Å². The topological polar surface area (TPSA) is 123 Å². The highest BCUT2D eigenvalue weighted by atomic mass is 32.2. The molecule has 1 amide bonds. The lowest BCUT2D eigenvalue weighted by Gasteiger charge is -2.31. The lowest BCUT2D eigenvalue weighted by atomic mass is 9.86. The fourth-order valence-corrected chi connectivity index (χ4v) is 6.77. The normalized spacial score (nSPS) is 22.8. The number of carbonyl (C=O) groups excluding carboxylic acids is 2. The SMILES string of the molecule is CC[C@@]1(O)C(=O)OCc2c1cc1n(c2=O)Cc2c-1nc1cc(F)c(C)cc1c2CNC(=O)[C@@H]1CSC(C)(C)N1. The molecular weight excluding hydrogens is 523 g/mol. The number of rotatable bonds is 4. The second-order valence-electron chi connectivity index (χ2n) is 10.9. The number of ether oxygens (including phenoxy) is 1. The van der Waals surface area contributed by atoms with Crippen LogP contribution < -0.4 is 16.2 Å². The van der Waals surface area contributed by atoms with Crippen LogP contribution in [0.3, 0.4) is 0 Å². The van der Waals surface area contributed by atoms with Gasteiger partial charge in [-0.2, -0.15) is 0 Å².